The zero-order valence-corrected chi connectivity index (χ0v) is 12.5. The summed E-state index contributed by atoms with van der Waals surface area (Å²) in [5.74, 6) is -1.65. The Balaban J connectivity index is 1.96. The van der Waals surface area contributed by atoms with E-state index in [0.717, 1.165) is 0 Å². The summed E-state index contributed by atoms with van der Waals surface area (Å²) in [6, 6.07) is 5.35. The molecule has 1 fully saturated rings. The Morgan fingerprint density at radius 3 is 2.30 bits per heavy atom. The molecule has 1 aromatic rings. The second-order valence-corrected chi connectivity index (χ2v) is 5.06. The van der Waals surface area contributed by atoms with E-state index in [4.69, 9.17) is 0 Å². The first kappa shape index (κ1) is 16.4. The highest BCUT2D eigenvalue weighted by molar-refractivity contribution is 6.39. The molecular formula is C14H16N4O5. The maximum absolute atomic E-state index is 12.1. The van der Waals surface area contributed by atoms with Gasteiger partial charge < -0.3 is 15.1 Å². The minimum atomic E-state index is -0.859. The van der Waals surface area contributed by atoms with E-state index in [0.29, 0.717) is 13.1 Å². The summed E-state index contributed by atoms with van der Waals surface area (Å²) in [5.41, 5.74) is 0.00486. The van der Waals surface area contributed by atoms with E-state index in [-0.39, 0.29) is 30.4 Å². The van der Waals surface area contributed by atoms with Gasteiger partial charge in [-0.1, -0.05) is 6.07 Å². The first-order valence-corrected chi connectivity index (χ1v) is 6.98. The molecule has 3 amide bonds. The topological polar surface area (TPSA) is 113 Å². The zero-order chi connectivity index (χ0) is 17.0. The molecule has 9 heteroatoms. The summed E-state index contributed by atoms with van der Waals surface area (Å²) in [5, 5.41) is 13.0. The van der Waals surface area contributed by atoms with Crippen molar-refractivity contribution in [1.29, 1.82) is 0 Å². The highest BCUT2D eigenvalue weighted by Gasteiger charge is 2.27. The number of hydrogen-bond donors (Lipinski definition) is 1. The van der Waals surface area contributed by atoms with Crippen molar-refractivity contribution in [2.75, 3.05) is 31.5 Å². The third-order valence-electron chi connectivity index (χ3n) is 3.52. The van der Waals surface area contributed by atoms with Crippen LogP contribution in [0.3, 0.4) is 0 Å². The van der Waals surface area contributed by atoms with Gasteiger partial charge in [-0.05, 0) is 6.07 Å². The van der Waals surface area contributed by atoms with E-state index in [1.54, 1.807) is 4.90 Å². The Hall–Kier alpha value is -2.97. The molecule has 1 N–H and O–H groups in total. The number of anilines is 1. The molecule has 1 heterocycles. The Bertz CT molecular complexity index is 652. The maximum Gasteiger partial charge on any atom is 0.313 e. The van der Waals surface area contributed by atoms with E-state index in [2.05, 4.69) is 5.32 Å². The fourth-order valence-corrected chi connectivity index (χ4v) is 2.25. The van der Waals surface area contributed by atoms with E-state index < -0.39 is 16.7 Å². The van der Waals surface area contributed by atoms with Crippen LogP contribution in [0.5, 0.6) is 0 Å². The summed E-state index contributed by atoms with van der Waals surface area (Å²) in [6.07, 6.45) is 0. The van der Waals surface area contributed by atoms with Crippen molar-refractivity contribution in [1.82, 2.24) is 9.80 Å². The molecule has 0 aromatic heterocycles. The van der Waals surface area contributed by atoms with Crippen LogP contribution in [-0.2, 0) is 14.4 Å². The number of amides is 3. The maximum atomic E-state index is 12.1. The van der Waals surface area contributed by atoms with Gasteiger partial charge in [0.2, 0.25) is 5.91 Å². The molecule has 1 aliphatic rings. The van der Waals surface area contributed by atoms with Crippen LogP contribution in [0.15, 0.2) is 24.3 Å². The van der Waals surface area contributed by atoms with Crippen LogP contribution in [0.1, 0.15) is 6.92 Å². The molecule has 9 nitrogen and oxygen atoms in total. The Morgan fingerprint density at radius 2 is 1.74 bits per heavy atom. The fraction of sp³-hybridized carbons (Fsp3) is 0.357. The van der Waals surface area contributed by atoms with Crippen molar-refractivity contribution in [2.45, 2.75) is 6.92 Å². The van der Waals surface area contributed by atoms with Crippen molar-refractivity contribution in [2.24, 2.45) is 0 Å². The van der Waals surface area contributed by atoms with Crippen LogP contribution >= 0.6 is 0 Å². The number of carbonyl (C=O) groups excluding carboxylic acids is 3. The van der Waals surface area contributed by atoms with E-state index in [9.17, 15) is 24.5 Å². The van der Waals surface area contributed by atoms with Gasteiger partial charge in [0.15, 0.2) is 0 Å². The number of nitrogens with one attached hydrogen (secondary N) is 1. The zero-order valence-electron chi connectivity index (χ0n) is 12.5. The minimum Gasteiger partial charge on any atom is -0.339 e. The molecule has 0 bridgehead atoms. The van der Waals surface area contributed by atoms with Crippen LogP contribution < -0.4 is 5.32 Å². The van der Waals surface area contributed by atoms with Crippen LogP contribution in [-0.4, -0.2) is 58.6 Å². The lowest BCUT2D eigenvalue weighted by molar-refractivity contribution is -0.384. The van der Waals surface area contributed by atoms with Crippen LogP contribution in [0, 0.1) is 10.1 Å². The second kappa shape index (κ2) is 6.86. The third-order valence-corrected chi connectivity index (χ3v) is 3.52. The number of carbonyl (C=O) groups is 3. The van der Waals surface area contributed by atoms with Crippen molar-refractivity contribution in [3.63, 3.8) is 0 Å². The average molecular weight is 320 g/mol. The van der Waals surface area contributed by atoms with E-state index >= 15 is 0 Å². The van der Waals surface area contributed by atoms with Gasteiger partial charge in [-0.15, -0.1) is 0 Å². The first-order valence-electron chi connectivity index (χ1n) is 6.98. The molecule has 1 aromatic carbocycles. The van der Waals surface area contributed by atoms with Crippen molar-refractivity contribution in [3.05, 3.63) is 34.4 Å². The summed E-state index contributed by atoms with van der Waals surface area (Å²) in [6.45, 7) is 2.77. The molecule has 122 valence electrons. The third kappa shape index (κ3) is 4.02. The smallest absolute Gasteiger partial charge is 0.313 e. The number of piperazine rings is 1. The summed E-state index contributed by atoms with van der Waals surface area (Å²) >= 11 is 0. The Labute approximate surface area is 132 Å². The lowest BCUT2D eigenvalue weighted by atomic mass is 10.2. The highest BCUT2D eigenvalue weighted by atomic mass is 16.6. The van der Waals surface area contributed by atoms with Gasteiger partial charge in [-0.3, -0.25) is 24.5 Å². The van der Waals surface area contributed by atoms with Crippen molar-refractivity contribution >= 4 is 29.1 Å². The molecule has 0 saturated carbocycles. The van der Waals surface area contributed by atoms with Gasteiger partial charge in [-0.25, -0.2) is 0 Å². The van der Waals surface area contributed by atoms with E-state index in [1.165, 1.54) is 36.1 Å². The number of nitro groups is 1. The fourth-order valence-electron chi connectivity index (χ4n) is 2.25. The lowest BCUT2D eigenvalue weighted by Gasteiger charge is -2.33. The molecule has 1 saturated heterocycles. The van der Waals surface area contributed by atoms with E-state index in [1.807, 2.05) is 0 Å². The molecule has 0 aliphatic carbocycles. The van der Waals surface area contributed by atoms with Gasteiger partial charge in [0.25, 0.3) is 5.69 Å². The van der Waals surface area contributed by atoms with Crippen LogP contribution in [0.25, 0.3) is 0 Å². The Kier molecular flexibility index (Phi) is 4.89. The predicted octanol–water partition coefficient (Wildman–Crippen LogP) is 0.224. The van der Waals surface area contributed by atoms with Crippen LogP contribution in [0.4, 0.5) is 11.4 Å². The highest BCUT2D eigenvalue weighted by Crippen LogP contribution is 2.17. The minimum absolute atomic E-state index is 0.0712. The second-order valence-electron chi connectivity index (χ2n) is 5.06. The number of benzene rings is 1. The number of hydrogen-bond acceptors (Lipinski definition) is 5. The molecule has 0 atom stereocenters. The molecule has 0 spiro atoms. The quantitative estimate of drug-likeness (QED) is 0.476. The number of nitro benzene ring substituents is 1. The molecule has 2 rings (SSSR count). The SMILES string of the molecule is CC(=O)N1CCN(C(=O)C(=O)Nc2cccc([N+](=O)[O-])c2)CC1. The van der Waals surface area contributed by atoms with Gasteiger partial charge in [0.05, 0.1) is 4.92 Å². The van der Waals surface area contributed by atoms with Gasteiger partial charge >= 0.3 is 11.8 Å². The summed E-state index contributed by atoms with van der Waals surface area (Å²) < 4.78 is 0. The first-order chi connectivity index (χ1) is 10.9. The monoisotopic (exact) mass is 320 g/mol. The molecule has 23 heavy (non-hydrogen) atoms. The number of nitrogens with zero attached hydrogens (tertiary/aromatic N) is 3. The Morgan fingerprint density at radius 1 is 1.13 bits per heavy atom. The molecular weight excluding hydrogens is 304 g/mol. The van der Waals surface area contributed by atoms with Crippen molar-refractivity contribution < 1.29 is 19.3 Å². The number of non-ortho nitro benzene ring substituents is 1. The standard InChI is InChI=1S/C14H16N4O5/c1-10(19)16-5-7-17(8-6-16)14(21)13(20)15-11-3-2-4-12(9-11)18(22)23/h2-4,9H,5-8H2,1H3,(H,15,20). The average Bonchev–Trinajstić information content (AvgIpc) is 2.54. The molecule has 0 radical (unpaired) electrons. The van der Waals surface area contributed by atoms with Crippen molar-refractivity contribution in [3.8, 4) is 0 Å². The molecule has 0 unspecified atom stereocenters. The molecule has 1 aliphatic heterocycles. The van der Waals surface area contributed by atoms with Crippen LogP contribution in [0.2, 0.25) is 0 Å². The number of rotatable bonds is 2. The van der Waals surface area contributed by atoms with Gasteiger partial charge in [0, 0.05) is 50.9 Å². The largest absolute Gasteiger partial charge is 0.339 e. The normalized spacial score (nSPS) is 14.3. The van der Waals surface area contributed by atoms with Gasteiger partial charge in [-0.2, -0.15) is 0 Å². The predicted molar refractivity (Wildman–Crippen MR) is 80.6 cm³/mol. The summed E-state index contributed by atoms with van der Waals surface area (Å²) in [7, 11) is 0. The van der Waals surface area contributed by atoms with Gasteiger partial charge in [0.1, 0.15) is 0 Å². The summed E-state index contributed by atoms with van der Waals surface area (Å²) in [4.78, 5) is 48.3. The lowest BCUT2D eigenvalue weighted by Crippen LogP contribution is -2.52.